The lowest BCUT2D eigenvalue weighted by atomic mass is 10.0. The van der Waals surface area contributed by atoms with Gasteiger partial charge in [0.1, 0.15) is 9.71 Å². The Balaban J connectivity index is 2.13. The molecule has 152 valence electrons. The van der Waals surface area contributed by atoms with Gasteiger partial charge in [-0.3, -0.25) is 4.79 Å². The monoisotopic (exact) mass is 426 g/mol. The average molecular weight is 427 g/mol. The second-order valence-electron chi connectivity index (χ2n) is 7.72. The molecule has 0 aliphatic carbocycles. The first-order valence-corrected chi connectivity index (χ1v) is 11.5. The fourth-order valence-electron chi connectivity index (χ4n) is 2.87. The number of nitrogen functional groups attached to an aromatic ring is 1. The minimum atomic E-state index is -0.347. The van der Waals surface area contributed by atoms with Crippen molar-refractivity contribution in [2.45, 2.75) is 44.8 Å². The Morgan fingerprint density at radius 1 is 1.24 bits per heavy atom. The molecule has 0 radical (unpaired) electrons. The van der Waals surface area contributed by atoms with Crippen molar-refractivity contribution in [1.29, 1.82) is 0 Å². The Morgan fingerprint density at radius 2 is 1.93 bits per heavy atom. The molecular formula is C22H26N4OS2. The van der Waals surface area contributed by atoms with Crippen molar-refractivity contribution >= 4 is 51.0 Å². The molecule has 0 fully saturated rings. The van der Waals surface area contributed by atoms with Crippen LogP contribution in [0.2, 0.25) is 0 Å². The zero-order chi connectivity index (χ0) is 21.2. The number of nitrogens with one attached hydrogen (secondary N) is 1. The van der Waals surface area contributed by atoms with Gasteiger partial charge in [-0.15, -0.1) is 11.3 Å². The highest BCUT2D eigenvalue weighted by Crippen LogP contribution is 2.39. The van der Waals surface area contributed by atoms with E-state index in [9.17, 15) is 4.79 Å². The number of thioether (sulfide) groups is 1. The van der Waals surface area contributed by atoms with E-state index in [0.717, 1.165) is 33.5 Å². The highest BCUT2D eigenvalue weighted by molar-refractivity contribution is 7.98. The number of carbonyl (C=O) groups excluding carboxylic acids is 1. The molecule has 1 aromatic carbocycles. The van der Waals surface area contributed by atoms with Crippen molar-refractivity contribution in [1.82, 2.24) is 15.3 Å². The highest BCUT2D eigenvalue weighted by atomic mass is 32.2. The summed E-state index contributed by atoms with van der Waals surface area (Å²) in [6, 6.07) is 8.19. The number of hydrogen-bond acceptors (Lipinski definition) is 6. The molecule has 0 atom stereocenters. The predicted molar refractivity (Wildman–Crippen MR) is 126 cm³/mol. The number of nitrogens with zero attached hydrogens (tertiary/aromatic N) is 2. The number of aromatic nitrogens is 2. The van der Waals surface area contributed by atoms with Gasteiger partial charge in [0.05, 0.1) is 16.8 Å². The van der Waals surface area contributed by atoms with Gasteiger partial charge in [-0.05, 0) is 39.0 Å². The maximum atomic E-state index is 12.8. The van der Waals surface area contributed by atoms with E-state index >= 15 is 0 Å². The predicted octanol–water partition coefficient (Wildman–Crippen LogP) is 5.61. The van der Waals surface area contributed by atoms with E-state index in [2.05, 4.69) is 41.5 Å². The zero-order valence-electron chi connectivity index (χ0n) is 17.4. The van der Waals surface area contributed by atoms with E-state index in [4.69, 9.17) is 10.7 Å². The number of nitrogens with two attached hydrogens (primary N) is 1. The topological polar surface area (TPSA) is 80.9 Å². The molecule has 1 amide bonds. The van der Waals surface area contributed by atoms with Crippen LogP contribution in [-0.4, -0.2) is 27.7 Å². The quantitative estimate of drug-likeness (QED) is 0.409. The summed E-state index contributed by atoms with van der Waals surface area (Å²) >= 11 is 2.78. The molecule has 0 spiro atoms. The number of anilines is 1. The van der Waals surface area contributed by atoms with Gasteiger partial charge in [0.25, 0.3) is 5.91 Å². The Labute approximate surface area is 179 Å². The van der Waals surface area contributed by atoms with Gasteiger partial charge in [-0.25, -0.2) is 9.97 Å². The molecule has 3 rings (SSSR count). The average Bonchev–Trinajstić information content (AvgIpc) is 3.01. The number of fused-ring (bicyclic) bond motifs is 1. The molecule has 2 heterocycles. The molecule has 0 aliphatic heterocycles. The molecule has 3 N–H and O–H groups in total. The lowest BCUT2D eigenvalue weighted by molar-refractivity contribution is 0.0924. The molecule has 0 unspecified atom stereocenters. The molecule has 2 aromatic heterocycles. The first kappa shape index (κ1) is 21.3. The molecule has 3 aromatic rings. The normalized spacial score (nSPS) is 12.0. The van der Waals surface area contributed by atoms with Crippen molar-refractivity contribution in [3.05, 3.63) is 40.8 Å². The highest BCUT2D eigenvalue weighted by Gasteiger charge is 2.24. The van der Waals surface area contributed by atoms with Crippen LogP contribution in [0.4, 0.5) is 5.69 Å². The van der Waals surface area contributed by atoms with Gasteiger partial charge < -0.3 is 11.1 Å². The minimum absolute atomic E-state index is 0.185. The lowest BCUT2D eigenvalue weighted by Crippen LogP contribution is -2.40. The van der Waals surface area contributed by atoms with Crippen LogP contribution in [0, 0.1) is 0 Å². The lowest BCUT2D eigenvalue weighted by Gasteiger charge is -2.20. The van der Waals surface area contributed by atoms with Crippen LogP contribution in [0.15, 0.2) is 35.5 Å². The van der Waals surface area contributed by atoms with E-state index < -0.39 is 0 Å². The van der Waals surface area contributed by atoms with E-state index in [-0.39, 0.29) is 11.4 Å². The SMILES string of the molecule is CCC=Cc1ccc(-c2nc(SC)nc3sc(C(=O)NC(C)(C)C)c(N)c23)cc1. The third-order valence-electron chi connectivity index (χ3n) is 4.18. The van der Waals surface area contributed by atoms with Crippen molar-refractivity contribution in [2.24, 2.45) is 0 Å². The van der Waals surface area contributed by atoms with Crippen molar-refractivity contribution < 1.29 is 4.79 Å². The fourth-order valence-corrected chi connectivity index (χ4v) is 4.29. The maximum absolute atomic E-state index is 12.8. The van der Waals surface area contributed by atoms with E-state index in [0.29, 0.717) is 15.7 Å². The van der Waals surface area contributed by atoms with Gasteiger partial charge in [0, 0.05) is 11.1 Å². The second-order valence-corrected chi connectivity index (χ2v) is 9.49. The van der Waals surface area contributed by atoms with Crippen molar-refractivity contribution in [3.8, 4) is 11.3 Å². The van der Waals surface area contributed by atoms with E-state index in [1.807, 2.05) is 39.2 Å². The molecule has 7 heteroatoms. The Kier molecular flexibility index (Phi) is 6.29. The minimum Gasteiger partial charge on any atom is -0.397 e. The third-order valence-corrected chi connectivity index (χ3v) is 5.82. The number of thiophene rings is 1. The van der Waals surface area contributed by atoms with Crippen LogP contribution < -0.4 is 11.1 Å². The molecule has 0 bridgehead atoms. The van der Waals surface area contributed by atoms with Crippen LogP contribution in [0.3, 0.4) is 0 Å². The number of rotatable bonds is 5. The molecular weight excluding hydrogens is 400 g/mol. The van der Waals surface area contributed by atoms with Gasteiger partial charge in [0.2, 0.25) is 0 Å². The fraction of sp³-hybridized carbons (Fsp3) is 0.318. The van der Waals surface area contributed by atoms with Crippen LogP contribution in [-0.2, 0) is 0 Å². The smallest absolute Gasteiger partial charge is 0.263 e. The Hall–Kier alpha value is -2.38. The van der Waals surface area contributed by atoms with E-state index in [1.165, 1.54) is 23.1 Å². The summed E-state index contributed by atoms with van der Waals surface area (Å²) in [5.41, 5.74) is 9.37. The number of benzene rings is 1. The molecule has 0 saturated carbocycles. The van der Waals surface area contributed by atoms with Crippen LogP contribution in [0.1, 0.15) is 49.4 Å². The van der Waals surface area contributed by atoms with Crippen molar-refractivity contribution in [2.75, 3.05) is 12.0 Å². The van der Waals surface area contributed by atoms with E-state index in [1.54, 1.807) is 0 Å². The van der Waals surface area contributed by atoms with Gasteiger partial charge >= 0.3 is 0 Å². The summed E-state index contributed by atoms with van der Waals surface area (Å²) < 4.78 is 0. The second kappa shape index (κ2) is 8.55. The summed E-state index contributed by atoms with van der Waals surface area (Å²) in [5.74, 6) is -0.185. The largest absolute Gasteiger partial charge is 0.397 e. The number of amides is 1. The van der Waals surface area contributed by atoms with Gasteiger partial charge in [0.15, 0.2) is 5.16 Å². The van der Waals surface area contributed by atoms with Crippen LogP contribution >= 0.6 is 23.1 Å². The molecule has 29 heavy (non-hydrogen) atoms. The first-order valence-electron chi connectivity index (χ1n) is 9.47. The zero-order valence-corrected chi connectivity index (χ0v) is 19.0. The van der Waals surface area contributed by atoms with Crippen LogP contribution in [0.5, 0.6) is 0 Å². The number of hydrogen-bond donors (Lipinski definition) is 2. The van der Waals surface area contributed by atoms with Crippen molar-refractivity contribution in [3.63, 3.8) is 0 Å². The number of allylic oxidation sites excluding steroid dienone is 1. The first-order chi connectivity index (χ1) is 13.7. The summed E-state index contributed by atoms with van der Waals surface area (Å²) in [6.45, 7) is 7.94. The molecule has 0 aliphatic rings. The Bertz CT molecular complexity index is 1060. The van der Waals surface area contributed by atoms with Crippen LogP contribution in [0.25, 0.3) is 27.6 Å². The Morgan fingerprint density at radius 3 is 2.52 bits per heavy atom. The van der Waals surface area contributed by atoms with Gasteiger partial charge in [-0.1, -0.05) is 55.1 Å². The molecule has 5 nitrogen and oxygen atoms in total. The molecule has 0 saturated heterocycles. The van der Waals surface area contributed by atoms with Gasteiger partial charge in [-0.2, -0.15) is 0 Å². The number of carbonyl (C=O) groups is 1. The summed E-state index contributed by atoms with van der Waals surface area (Å²) in [6.07, 6.45) is 7.16. The summed E-state index contributed by atoms with van der Waals surface area (Å²) in [5, 5.41) is 4.38. The maximum Gasteiger partial charge on any atom is 0.263 e. The summed E-state index contributed by atoms with van der Waals surface area (Å²) in [4.78, 5) is 23.3. The summed E-state index contributed by atoms with van der Waals surface area (Å²) in [7, 11) is 0. The third kappa shape index (κ3) is 4.79. The standard InChI is InChI=1S/C22H26N4OS2/c1-6-7-8-13-9-11-14(12-10-13)17-15-16(23)18(19(27)26-22(2,3)4)29-20(15)25-21(24-17)28-5/h7-12H,6,23H2,1-5H3,(H,26,27).